The van der Waals surface area contributed by atoms with Crippen molar-refractivity contribution in [3.8, 4) is 5.75 Å². The molecule has 0 bridgehead atoms. The lowest BCUT2D eigenvalue weighted by molar-refractivity contribution is -0.138. The van der Waals surface area contributed by atoms with Gasteiger partial charge in [0, 0.05) is 42.3 Å². The van der Waals surface area contributed by atoms with Gasteiger partial charge in [-0.3, -0.25) is 4.90 Å². The SMILES string of the molecule is CCC[C@@H](c1cc(Br)cc(C(F)(F)F)c1O)N1CCNCC1.Cl.Cl. The molecule has 0 radical (unpaired) electrons. The van der Waals surface area contributed by atoms with Crippen molar-refractivity contribution >= 4 is 40.7 Å². The lowest BCUT2D eigenvalue weighted by Gasteiger charge is -2.36. The average Bonchev–Trinajstić information content (AvgIpc) is 2.47. The molecular formula is C15H22BrCl2F3N2O. The third kappa shape index (κ3) is 5.66. The van der Waals surface area contributed by atoms with E-state index in [-0.39, 0.29) is 30.9 Å². The number of halogens is 6. The Kier molecular flexibility index (Phi) is 9.98. The van der Waals surface area contributed by atoms with Gasteiger partial charge in [-0.15, -0.1) is 24.8 Å². The van der Waals surface area contributed by atoms with Crippen LogP contribution in [-0.2, 0) is 6.18 Å². The largest absolute Gasteiger partial charge is 0.507 e. The molecule has 0 aromatic heterocycles. The predicted octanol–water partition coefficient (Wildman–Crippen LogP) is 4.76. The first kappa shape index (κ1) is 23.8. The topological polar surface area (TPSA) is 35.5 Å². The summed E-state index contributed by atoms with van der Waals surface area (Å²) in [5.74, 6) is -0.646. The summed E-state index contributed by atoms with van der Waals surface area (Å²) in [4.78, 5) is 2.14. The normalized spacial score (nSPS) is 16.9. The van der Waals surface area contributed by atoms with Gasteiger partial charge in [0.2, 0.25) is 0 Å². The Morgan fingerprint density at radius 3 is 2.33 bits per heavy atom. The zero-order valence-electron chi connectivity index (χ0n) is 13.2. The minimum atomic E-state index is -4.57. The highest BCUT2D eigenvalue weighted by atomic mass is 79.9. The van der Waals surface area contributed by atoms with Crippen LogP contribution in [-0.4, -0.2) is 36.2 Å². The van der Waals surface area contributed by atoms with Crippen molar-refractivity contribution < 1.29 is 18.3 Å². The molecule has 1 aliphatic heterocycles. The monoisotopic (exact) mass is 452 g/mol. The molecule has 24 heavy (non-hydrogen) atoms. The van der Waals surface area contributed by atoms with Crippen LogP contribution in [0.4, 0.5) is 13.2 Å². The van der Waals surface area contributed by atoms with Crippen LogP contribution in [0, 0.1) is 0 Å². The second kappa shape index (κ2) is 10.1. The molecule has 1 heterocycles. The Balaban J connectivity index is 0.00000264. The summed E-state index contributed by atoms with van der Waals surface area (Å²) in [7, 11) is 0. The van der Waals surface area contributed by atoms with Gasteiger partial charge in [0.15, 0.2) is 0 Å². The highest BCUT2D eigenvalue weighted by Crippen LogP contribution is 2.43. The van der Waals surface area contributed by atoms with Crippen LogP contribution in [0.2, 0.25) is 0 Å². The van der Waals surface area contributed by atoms with Gasteiger partial charge in [-0.2, -0.15) is 13.2 Å². The van der Waals surface area contributed by atoms with Crippen LogP contribution < -0.4 is 5.32 Å². The number of nitrogens with one attached hydrogen (secondary N) is 1. The second-order valence-corrected chi connectivity index (χ2v) is 6.40. The summed E-state index contributed by atoms with van der Waals surface area (Å²) in [6, 6.07) is 2.33. The fourth-order valence-electron chi connectivity index (χ4n) is 2.89. The minimum Gasteiger partial charge on any atom is -0.507 e. The van der Waals surface area contributed by atoms with Gasteiger partial charge in [0.05, 0.1) is 5.56 Å². The number of phenolic OH excluding ortho intramolecular Hbond substituents is 1. The summed E-state index contributed by atoms with van der Waals surface area (Å²) in [5.41, 5.74) is -0.626. The first-order valence-corrected chi connectivity index (χ1v) is 8.18. The number of piperazine rings is 1. The van der Waals surface area contributed by atoms with E-state index in [2.05, 4.69) is 26.1 Å². The first-order chi connectivity index (χ1) is 10.3. The van der Waals surface area contributed by atoms with Crippen molar-refractivity contribution in [3.05, 3.63) is 27.7 Å². The van der Waals surface area contributed by atoms with Gasteiger partial charge in [0.25, 0.3) is 0 Å². The van der Waals surface area contributed by atoms with E-state index in [0.29, 0.717) is 16.5 Å². The van der Waals surface area contributed by atoms with Crippen molar-refractivity contribution in [2.45, 2.75) is 32.0 Å². The van der Waals surface area contributed by atoms with Crippen molar-refractivity contribution in [2.75, 3.05) is 26.2 Å². The Labute approximate surface area is 160 Å². The van der Waals surface area contributed by atoms with Gasteiger partial charge < -0.3 is 10.4 Å². The molecule has 1 aromatic rings. The fraction of sp³-hybridized carbons (Fsp3) is 0.600. The molecule has 1 aromatic carbocycles. The highest BCUT2D eigenvalue weighted by molar-refractivity contribution is 9.10. The third-order valence-corrected chi connectivity index (χ3v) is 4.38. The smallest absolute Gasteiger partial charge is 0.420 e. The van der Waals surface area contributed by atoms with E-state index in [0.717, 1.165) is 38.7 Å². The maximum absolute atomic E-state index is 13.1. The number of aromatic hydroxyl groups is 1. The molecule has 0 aliphatic carbocycles. The number of alkyl halides is 3. The summed E-state index contributed by atoms with van der Waals surface area (Å²) in [5, 5.41) is 13.4. The minimum absolute atomic E-state index is 0. The summed E-state index contributed by atoms with van der Waals surface area (Å²) >= 11 is 3.14. The van der Waals surface area contributed by atoms with Gasteiger partial charge in [-0.1, -0.05) is 29.3 Å². The van der Waals surface area contributed by atoms with Crippen molar-refractivity contribution in [3.63, 3.8) is 0 Å². The molecule has 1 fully saturated rings. The lowest BCUT2D eigenvalue weighted by atomic mass is 9.96. The van der Waals surface area contributed by atoms with E-state index >= 15 is 0 Å². The highest BCUT2D eigenvalue weighted by Gasteiger charge is 2.37. The number of phenols is 1. The van der Waals surface area contributed by atoms with E-state index in [1.54, 1.807) is 6.07 Å². The average molecular weight is 454 g/mol. The number of nitrogens with zero attached hydrogens (tertiary/aromatic N) is 1. The Morgan fingerprint density at radius 2 is 1.83 bits per heavy atom. The van der Waals surface area contributed by atoms with Crippen LogP contribution in [0.25, 0.3) is 0 Å². The van der Waals surface area contributed by atoms with E-state index in [1.807, 2.05) is 6.92 Å². The zero-order chi connectivity index (χ0) is 16.3. The van der Waals surface area contributed by atoms with E-state index in [9.17, 15) is 18.3 Å². The Bertz CT molecular complexity index is 526. The molecule has 0 unspecified atom stereocenters. The Morgan fingerprint density at radius 1 is 1.25 bits per heavy atom. The van der Waals surface area contributed by atoms with Crippen molar-refractivity contribution in [2.24, 2.45) is 0 Å². The molecule has 0 spiro atoms. The number of hydrogen-bond acceptors (Lipinski definition) is 3. The molecule has 2 N–H and O–H groups in total. The van der Waals surface area contributed by atoms with Crippen LogP contribution in [0.15, 0.2) is 16.6 Å². The van der Waals surface area contributed by atoms with E-state index in [1.165, 1.54) is 0 Å². The summed E-state index contributed by atoms with van der Waals surface area (Å²) < 4.78 is 39.6. The van der Waals surface area contributed by atoms with Crippen molar-refractivity contribution in [1.82, 2.24) is 10.2 Å². The maximum atomic E-state index is 13.1. The Hall–Kier alpha value is -0.210. The molecule has 2 rings (SSSR count). The number of rotatable bonds is 4. The van der Waals surface area contributed by atoms with Gasteiger partial charge in [-0.05, 0) is 18.6 Å². The summed E-state index contributed by atoms with van der Waals surface area (Å²) in [6.45, 7) is 5.13. The number of benzene rings is 1. The molecule has 1 aliphatic rings. The zero-order valence-corrected chi connectivity index (χ0v) is 16.4. The molecular weight excluding hydrogens is 432 g/mol. The van der Waals surface area contributed by atoms with Crippen molar-refractivity contribution in [1.29, 1.82) is 0 Å². The molecule has 0 saturated carbocycles. The van der Waals surface area contributed by atoms with Crippen LogP contribution in [0.3, 0.4) is 0 Å². The fourth-order valence-corrected chi connectivity index (χ4v) is 3.37. The molecule has 0 amide bonds. The van der Waals surface area contributed by atoms with Crippen LogP contribution >= 0.6 is 40.7 Å². The van der Waals surface area contributed by atoms with Crippen LogP contribution in [0.5, 0.6) is 5.75 Å². The molecule has 1 atom stereocenters. The third-order valence-electron chi connectivity index (χ3n) is 3.92. The van der Waals surface area contributed by atoms with Gasteiger partial charge in [0.1, 0.15) is 5.75 Å². The predicted molar refractivity (Wildman–Crippen MR) is 97.4 cm³/mol. The maximum Gasteiger partial charge on any atom is 0.420 e. The van der Waals surface area contributed by atoms with Gasteiger partial charge >= 0.3 is 6.18 Å². The van der Waals surface area contributed by atoms with Gasteiger partial charge in [-0.25, -0.2) is 0 Å². The molecule has 1 saturated heterocycles. The first-order valence-electron chi connectivity index (χ1n) is 7.39. The molecule has 3 nitrogen and oxygen atoms in total. The summed E-state index contributed by atoms with van der Waals surface area (Å²) in [6.07, 6.45) is -3.02. The van der Waals surface area contributed by atoms with E-state index in [4.69, 9.17) is 0 Å². The lowest BCUT2D eigenvalue weighted by Crippen LogP contribution is -2.45. The second-order valence-electron chi connectivity index (χ2n) is 5.48. The van der Waals surface area contributed by atoms with Crippen LogP contribution in [0.1, 0.15) is 36.9 Å². The quantitative estimate of drug-likeness (QED) is 0.689. The standard InChI is InChI=1S/C15H20BrF3N2O.2ClH/c1-2-3-13(21-6-4-20-5-7-21)11-8-10(16)9-12(14(11)22)15(17,18)19;;/h8-9,13,20,22H,2-7H2,1H3;2*1H/t13-;;/m0../s1. The molecule has 9 heteroatoms. The van der Waals surface area contributed by atoms with E-state index < -0.39 is 17.5 Å². The molecule has 140 valence electrons. The number of hydrogen-bond donors (Lipinski definition) is 2.